The van der Waals surface area contributed by atoms with Gasteiger partial charge in [0.25, 0.3) is 0 Å². The summed E-state index contributed by atoms with van der Waals surface area (Å²) in [5.41, 5.74) is 2.81. The fraction of sp³-hybridized carbons (Fsp3) is 0.679. The summed E-state index contributed by atoms with van der Waals surface area (Å²) in [6, 6.07) is 6.47. The molecule has 1 aromatic heterocycles. The number of hydrogen-bond donors (Lipinski definition) is 2. The molecular formula is C28H40N6O3. The van der Waals surface area contributed by atoms with Crippen LogP contribution < -0.4 is 16.3 Å². The molecule has 2 atom stereocenters. The van der Waals surface area contributed by atoms with E-state index >= 15 is 0 Å². The molecule has 3 saturated heterocycles. The molecule has 6 rings (SSSR count). The highest BCUT2D eigenvalue weighted by atomic mass is 16.2. The van der Waals surface area contributed by atoms with Crippen LogP contribution >= 0.6 is 0 Å². The number of hydrogen-bond acceptors (Lipinski definition) is 6. The molecule has 9 nitrogen and oxygen atoms in total. The lowest BCUT2D eigenvalue weighted by Gasteiger charge is -2.43. The number of imide groups is 1. The van der Waals surface area contributed by atoms with Crippen LogP contribution in [0.15, 0.2) is 23.0 Å². The molecule has 0 spiro atoms. The largest absolute Gasteiger partial charge is 0.330 e. The van der Waals surface area contributed by atoms with E-state index in [-0.39, 0.29) is 30.0 Å². The molecule has 2 N–H and O–H groups in total. The number of fused-ring (bicyclic) bond motifs is 1. The molecule has 4 fully saturated rings. The van der Waals surface area contributed by atoms with Crippen LogP contribution in [0.25, 0.3) is 11.0 Å². The quantitative estimate of drug-likeness (QED) is 0.556. The summed E-state index contributed by atoms with van der Waals surface area (Å²) in [5.74, 6) is 0.186. The van der Waals surface area contributed by atoms with Crippen molar-refractivity contribution in [2.24, 2.45) is 5.92 Å². The molecular weight excluding hydrogens is 468 g/mol. The van der Waals surface area contributed by atoms with Crippen LogP contribution in [0, 0.1) is 5.92 Å². The molecule has 200 valence electrons. The summed E-state index contributed by atoms with van der Waals surface area (Å²) in [4.78, 5) is 43.1. The number of rotatable bonds is 7. The first-order chi connectivity index (χ1) is 18.0. The third-order valence-corrected chi connectivity index (χ3v) is 8.92. The van der Waals surface area contributed by atoms with E-state index in [4.69, 9.17) is 0 Å². The summed E-state index contributed by atoms with van der Waals surface area (Å²) in [6.45, 7) is 9.96. The second-order valence-electron chi connectivity index (χ2n) is 11.5. The van der Waals surface area contributed by atoms with Gasteiger partial charge in [-0.15, -0.1) is 0 Å². The van der Waals surface area contributed by atoms with E-state index in [0.29, 0.717) is 12.5 Å². The minimum Gasteiger partial charge on any atom is -0.317 e. The molecule has 9 heteroatoms. The number of aromatic nitrogens is 2. The van der Waals surface area contributed by atoms with Crippen molar-refractivity contribution in [1.29, 1.82) is 0 Å². The first-order valence-corrected chi connectivity index (χ1v) is 14.3. The monoisotopic (exact) mass is 508 g/mol. The van der Waals surface area contributed by atoms with Crippen LogP contribution in [0.2, 0.25) is 0 Å². The zero-order valence-corrected chi connectivity index (χ0v) is 22.0. The Hall–Kier alpha value is -2.49. The van der Waals surface area contributed by atoms with E-state index in [0.717, 1.165) is 75.5 Å². The number of carbonyl (C=O) groups is 2. The van der Waals surface area contributed by atoms with Gasteiger partial charge in [0.2, 0.25) is 11.8 Å². The van der Waals surface area contributed by atoms with Gasteiger partial charge in [-0.25, -0.2) is 4.79 Å². The fourth-order valence-corrected chi connectivity index (χ4v) is 6.68. The van der Waals surface area contributed by atoms with Crippen molar-refractivity contribution in [3.05, 3.63) is 34.2 Å². The third-order valence-electron chi connectivity index (χ3n) is 8.92. The summed E-state index contributed by atoms with van der Waals surface area (Å²) in [7, 11) is 0. The van der Waals surface area contributed by atoms with Gasteiger partial charge >= 0.3 is 5.69 Å². The van der Waals surface area contributed by atoms with Crippen LogP contribution in [0.4, 0.5) is 0 Å². The molecule has 1 aliphatic carbocycles. The lowest BCUT2D eigenvalue weighted by molar-refractivity contribution is -0.135. The number of piperazine rings is 1. The SMILES string of the molecule is CC[C@H]1CN(Cc2ccc3c(c2)n(C2CC2)c(=O)n3C2CCC(=O)NC2=O)CCN1CC1CCNCC1. The molecule has 2 aromatic rings. The van der Waals surface area contributed by atoms with Crippen molar-refractivity contribution in [3.63, 3.8) is 0 Å². The number of nitrogens with zero attached hydrogens (tertiary/aromatic N) is 4. The molecule has 3 aliphatic heterocycles. The average molecular weight is 509 g/mol. The van der Waals surface area contributed by atoms with Crippen LogP contribution in [-0.2, 0) is 16.1 Å². The Bertz CT molecular complexity index is 1220. The molecule has 2 amide bonds. The highest BCUT2D eigenvalue weighted by Gasteiger charge is 2.35. The van der Waals surface area contributed by atoms with Gasteiger partial charge in [-0.2, -0.15) is 0 Å². The Labute approximate surface area is 218 Å². The number of amides is 2. The number of benzene rings is 1. The Kier molecular flexibility index (Phi) is 6.94. The van der Waals surface area contributed by atoms with Gasteiger partial charge in [-0.05, 0) is 75.2 Å². The van der Waals surface area contributed by atoms with Crippen molar-refractivity contribution in [2.75, 3.05) is 39.3 Å². The molecule has 4 aliphatic rings. The third kappa shape index (κ3) is 5.01. The lowest BCUT2D eigenvalue weighted by Crippen LogP contribution is -2.54. The van der Waals surface area contributed by atoms with Crippen molar-refractivity contribution in [2.45, 2.75) is 76.5 Å². The van der Waals surface area contributed by atoms with Crippen LogP contribution in [0.3, 0.4) is 0 Å². The minimum absolute atomic E-state index is 0.123. The van der Waals surface area contributed by atoms with E-state index in [1.165, 1.54) is 24.9 Å². The first kappa shape index (κ1) is 24.8. The highest BCUT2D eigenvalue weighted by molar-refractivity contribution is 6.00. The maximum Gasteiger partial charge on any atom is 0.330 e. The van der Waals surface area contributed by atoms with Crippen molar-refractivity contribution < 1.29 is 9.59 Å². The molecule has 1 unspecified atom stereocenters. The Morgan fingerprint density at radius 3 is 2.49 bits per heavy atom. The number of nitrogens with one attached hydrogen (secondary N) is 2. The zero-order chi connectivity index (χ0) is 25.5. The maximum absolute atomic E-state index is 13.5. The summed E-state index contributed by atoms with van der Waals surface area (Å²) < 4.78 is 3.53. The van der Waals surface area contributed by atoms with Gasteiger partial charge in [-0.3, -0.25) is 33.8 Å². The Balaban J connectivity index is 1.21. The molecule has 1 saturated carbocycles. The van der Waals surface area contributed by atoms with E-state index in [2.05, 4.69) is 39.5 Å². The van der Waals surface area contributed by atoms with Gasteiger partial charge in [0.05, 0.1) is 11.0 Å². The van der Waals surface area contributed by atoms with Crippen LogP contribution in [-0.4, -0.2) is 76.1 Å². The molecule has 0 radical (unpaired) electrons. The van der Waals surface area contributed by atoms with E-state index < -0.39 is 6.04 Å². The van der Waals surface area contributed by atoms with Gasteiger partial charge < -0.3 is 5.32 Å². The average Bonchev–Trinajstić information content (AvgIpc) is 3.69. The second-order valence-corrected chi connectivity index (χ2v) is 11.5. The summed E-state index contributed by atoms with van der Waals surface area (Å²) in [5, 5.41) is 5.90. The Morgan fingerprint density at radius 1 is 0.946 bits per heavy atom. The number of piperidine rings is 2. The molecule has 4 heterocycles. The highest BCUT2D eigenvalue weighted by Crippen LogP contribution is 2.37. The smallest absolute Gasteiger partial charge is 0.317 e. The van der Waals surface area contributed by atoms with Gasteiger partial charge in [-0.1, -0.05) is 13.0 Å². The lowest BCUT2D eigenvalue weighted by atomic mass is 9.96. The van der Waals surface area contributed by atoms with Gasteiger partial charge in [0, 0.05) is 51.2 Å². The predicted octanol–water partition coefficient (Wildman–Crippen LogP) is 2.01. The molecule has 1 aromatic carbocycles. The van der Waals surface area contributed by atoms with Crippen LogP contribution in [0.1, 0.15) is 69.5 Å². The topological polar surface area (TPSA) is 91.6 Å². The van der Waals surface area contributed by atoms with Crippen molar-refractivity contribution in [1.82, 2.24) is 29.6 Å². The number of imidazole rings is 1. The zero-order valence-electron chi connectivity index (χ0n) is 22.0. The Morgan fingerprint density at radius 2 is 1.76 bits per heavy atom. The first-order valence-electron chi connectivity index (χ1n) is 14.3. The van der Waals surface area contributed by atoms with Crippen molar-refractivity contribution in [3.8, 4) is 0 Å². The summed E-state index contributed by atoms with van der Waals surface area (Å²) in [6.07, 6.45) is 6.37. The van der Waals surface area contributed by atoms with Gasteiger partial charge in [0.1, 0.15) is 6.04 Å². The van der Waals surface area contributed by atoms with E-state index in [1.807, 2.05) is 10.6 Å². The maximum atomic E-state index is 13.5. The predicted molar refractivity (Wildman–Crippen MR) is 142 cm³/mol. The van der Waals surface area contributed by atoms with E-state index in [9.17, 15) is 14.4 Å². The van der Waals surface area contributed by atoms with Crippen LogP contribution in [0.5, 0.6) is 0 Å². The fourth-order valence-electron chi connectivity index (χ4n) is 6.68. The van der Waals surface area contributed by atoms with Crippen molar-refractivity contribution >= 4 is 22.8 Å². The normalized spacial score (nSPS) is 26.6. The molecule has 0 bridgehead atoms. The minimum atomic E-state index is -0.628. The standard InChI is InChI=1S/C28H40N6O3/c1-2-21-18-31(13-14-32(21)17-19-9-11-29-12-10-19)16-20-3-6-23-25(15-20)33(22-4-5-22)28(37)34(23)24-7-8-26(35)30-27(24)36/h3,6,15,19,21-22,24,29H,2,4-5,7-14,16-18H2,1H3,(H,30,35,36)/t21-,24?/m0/s1. The van der Waals surface area contributed by atoms with Gasteiger partial charge in [0.15, 0.2) is 0 Å². The summed E-state index contributed by atoms with van der Waals surface area (Å²) >= 11 is 0. The second kappa shape index (κ2) is 10.3. The van der Waals surface area contributed by atoms with E-state index in [1.54, 1.807) is 4.57 Å². The molecule has 37 heavy (non-hydrogen) atoms. The number of carbonyl (C=O) groups excluding carboxylic acids is 2.